The largest absolute Gasteiger partial charge is 0.489 e. The zero-order valence-corrected chi connectivity index (χ0v) is 6.60. The van der Waals surface area contributed by atoms with E-state index in [-0.39, 0.29) is 0 Å². The molecule has 0 unspecified atom stereocenters. The Hall–Kier alpha value is -1.57. The van der Waals surface area contributed by atoms with Crippen LogP contribution < -0.4 is 4.74 Å². The molecule has 0 bridgehead atoms. The van der Waals surface area contributed by atoms with Crippen LogP contribution >= 0.6 is 0 Å². The van der Waals surface area contributed by atoms with Crippen molar-refractivity contribution in [1.82, 2.24) is 0 Å². The maximum absolute atomic E-state index is 5.45. The van der Waals surface area contributed by atoms with E-state index < -0.39 is 0 Å². The molecule has 60 valence electrons. The number of rotatable bonds is 0. The average molecular weight is 159 g/mol. The van der Waals surface area contributed by atoms with E-state index >= 15 is 0 Å². The van der Waals surface area contributed by atoms with E-state index in [0.29, 0.717) is 6.61 Å². The van der Waals surface area contributed by atoms with Gasteiger partial charge in [-0.3, -0.25) is 4.99 Å². The Morgan fingerprint density at radius 2 is 2.17 bits per heavy atom. The Morgan fingerprint density at radius 1 is 1.25 bits per heavy atom. The first-order chi connectivity index (χ1) is 5.97. The van der Waals surface area contributed by atoms with Crippen molar-refractivity contribution < 1.29 is 4.74 Å². The molecule has 0 radical (unpaired) electrons. The fourth-order valence-electron chi connectivity index (χ4n) is 1.08. The first-order valence-corrected chi connectivity index (χ1v) is 3.87. The van der Waals surface area contributed by atoms with Crippen LogP contribution in [0, 0.1) is 0 Å². The normalized spacial score (nSPS) is 17.0. The summed E-state index contributed by atoms with van der Waals surface area (Å²) >= 11 is 0. The third-order valence-electron chi connectivity index (χ3n) is 1.66. The fraction of sp³-hybridized carbons (Fsp3) is 0.100. The smallest absolute Gasteiger partial charge is 0.128 e. The van der Waals surface area contributed by atoms with Crippen molar-refractivity contribution in [2.45, 2.75) is 0 Å². The summed E-state index contributed by atoms with van der Waals surface area (Å²) in [5, 5.41) is 0. The Kier molecular flexibility index (Phi) is 1.90. The van der Waals surface area contributed by atoms with Gasteiger partial charge in [0.1, 0.15) is 12.4 Å². The Bertz CT molecular complexity index is 328. The van der Waals surface area contributed by atoms with Gasteiger partial charge < -0.3 is 4.74 Å². The molecule has 0 saturated carbocycles. The summed E-state index contributed by atoms with van der Waals surface area (Å²) in [4.78, 5) is 4.09. The molecule has 0 amide bonds. The van der Waals surface area contributed by atoms with Gasteiger partial charge in [-0.15, -0.1) is 0 Å². The van der Waals surface area contributed by atoms with E-state index in [0.717, 1.165) is 11.3 Å². The average Bonchev–Trinajstić information content (AvgIpc) is 2.06. The molecule has 2 nitrogen and oxygen atoms in total. The maximum atomic E-state index is 5.45. The molecule has 2 heteroatoms. The van der Waals surface area contributed by atoms with Crippen molar-refractivity contribution in [3.8, 4) is 5.75 Å². The minimum absolute atomic E-state index is 0.592. The van der Waals surface area contributed by atoms with E-state index in [2.05, 4.69) is 4.99 Å². The van der Waals surface area contributed by atoms with Crippen LogP contribution in [-0.2, 0) is 0 Å². The van der Waals surface area contributed by atoms with Crippen LogP contribution in [-0.4, -0.2) is 12.8 Å². The summed E-state index contributed by atoms with van der Waals surface area (Å²) in [6, 6.07) is 7.86. The fourth-order valence-corrected chi connectivity index (χ4v) is 1.08. The van der Waals surface area contributed by atoms with Crippen LogP contribution in [0.3, 0.4) is 0 Å². The lowest BCUT2D eigenvalue weighted by Gasteiger charge is -2.07. The quantitative estimate of drug-likeness (QED) is 0.567. The van der Waals surface area contributed by atoms with Crippen molar-refractivity contribution >= 4 is 6.21 Å². The number of ether oxygens (including phenoxy) is 1. The predicted molar refractivity (Wildman–Crippen MR) is 48.7 cm³/mol. The lowest BCUT2D eigenvalue weighted by atomic mass is 10.2. The molecule has 0 atom stereocenters. The molecular formula is C10H9NO. The van der Waals surface area contributed by atoms with Crippen molar-refractivity contribution in [2.75, 3.05) is 6.61 Å². The van der Waals surface area contributed by atoms with E-state index in [1.54, 1.807) is 12.4 Å². The van der Waals surface area contributed by atoms with Gasteiger partial charge in [-0.2, -0.15) is 0 Å². The van der Waals surface area contributed by atoms with E-state index in [9.17, 15) is 0 Å². The summed E-state index contributed by atoms with van der Waals surface area (Å²) in [5.74, 6) is 0.894. The third-order valence-corrected chi connectivity index (χ3v) is 1.66. The number of hydrogen-bond donors (Lipinski definition) is 0. The predicted octanol–water partition coefficient (Wildman–Crippen LogP) is 2.01. The Labute approximate surface area is 71.2 Å². The summed E-state index contributed by atoms with van der Waals surface area (Å²) < 4.78 is 5.45. The van der Waals surface area contributed by atoms with Gasteiger partial charge in [0.25, 0.3) is 0 Å². The molecule has 0 saturated heterocycles. The molecule has 2 rings (SSSR count). The first kappa shape index (κ1) is 7.10. The molecule has 0 spiro atoms. The van der Waals surface area contributed by atoms with Crippen LogP contribution in [0.1, 0.15) is 5.56 Å². The second kappa shape index (κ2) is 3.22. The number of hydrogen-bond acceptors (Lipinski definition) is 2. The minimum atomic E-state index is 0.592. The van der Waals surface area contributed by atoms with Gasteiger partial charge in [-0.1, -0.05) is 12.1 Å². The highest BCUT2D eigenvalue weighted by atomic mass is 16.5. The van der Waals surface area contributed by atoms with E-state index in [1.165, 1.54) is 0 Å². The Morgan fingerprint density at radius 3 is 3.17 bits per heavy atom. The van der Waals surface area contributed by atoms with Crippen LogP contribution in [0.4, 0.5) is 0 Å². The van der Waals surface area contributed by atoms with Crippen LogP contribution in [0.2, 0.25) is 0 Å². The van der Waals surface area contributed by atoms with Gasteiger partial charge in [-0.25, -0.2) is 0 Å². The minimum Gasteiger partial charge on any atom is -0.489 e. The van der Waals surface area contributed by atoms with Gasteiger partial charge >= 0.3 is 0 Å². The molecule has 1 heterocycles. The molecule has 1 aliphatic heterocycles. The number of benzene rings is 1. The van der Waals surface area contributed by atoms with Gasteiger partial charge in [0.2, 0.25) is 0 Å². The monoisotopic (exact) mass is 159 g/mol. The van der Waals surface area contributed by atoms with E-state index in [4.69, 9.17) is 4.74 Å². The number of fused-ring (bicyclic) bond motifs is 1. The molecule has 1 aromatic carbocycles. The molecule has 12 heavy (non-hydrogen) atoms. The van der Waals surface area contributed by atoms with Crippen molar-refractivity contribution in [3.05, 3.63) is 42.1 Å². The molecule has 0 N–H and O–H groups in total. The number of aliphatic imine (C=N–C) groups is 1. The molecule has 1 aliphatic rings. The summed E-state index contributed by atoms with van der Waals surface area (Å²) in [7, 11) is 0. The maximum Gasteiger partial charge on any atom is 0.128 e. The first-order valence-electron chi connectivity index (χ1n) is 3.87. The van der Waals surface area contributed by atoms with Gasteiger partial charge in [0, 0.05) is 18.0 Å². The zero-order valence-electron chi connectivity index (χ0n) is 6.60. The molecule has 0 fully saturated rings. The summed E-state index contributed by atoms with van der Waals surface area (Å²) in [6.07, 6.45) is 5.42. The topological polar surface area (TPSA) is 21.6 Å². The SMILES string of the molecule is C1=N/C=C\COc2ccccc21. The number of para-hydroxylation sites is 1. The molecule has 0 aromatic heterocycles. The highest BCUT2D eigenvalue weighted by Crippen LogP contribution is 2.16. The Balaban J connectivity index is 2.43. The summed E-state index contributed by atoms with van der Waals surface area (Å²) in [5.41, 5.74) is 1.03. The number of nitrogens with zero attached hydrogens (tertiary/aromatic N) is 1. The van der Waals surface area contributed by atoms with Gasteiger partial charge in [-0.05, 0) is 18.2 Å². The van der Waals surface area contributed by atoms with Crippen LogP contribution in [0.15, 0.2) is 41.5 Å². The van der Waals surface area contributed by atoms with Crippen LogP contribution in [0.25, 0.3) is 0 Å². The lowest BCUT2D eigenvalue weighted by molar-refractivity contribution is 0.361. The van der Waals surface area contributed by atoms with Gasteiger partial charge in [0.15, 0.2) is 0 Å². The lowest BCUT2D eigenvalue weighted by Crippen LogP contribution is -1.98. The molecular weight excluding hydrogens is 150 g/mol. The summed E-state index contributed by atoms with van der Waals surface area (Å²) in [6.45, 7) is 0.592. The zero-order chi connectivity index (χ0) is 8.23. The molecule has 1 aromatic rings. The van der Waals surface area contributed by atoms with Crippen LogP contribution in [0.5, 0.6) is 5.75 Å². The highest BCUT2D eigenvalue weighted by molar-refractivity contribution is 5.83. The van der Waals surface area contributed by atoms with Crippen molar-refractivity contribution in [2.24, 2.45) is 4.99 Å². The van der Waals surface area contributed by atoms with Crippen molar-refractivity contribution in [3.63, 3.8) is 0 Å². The third kappa shape index (κ3) is 1.37. The second-order valence-corrected chi connectivity index (χ2v) is 2.51. The second-order valence-electron chi connectivity index (χ2n) is 2.51. The van der Waals surface area contributed by atoms with Gasteiger partial charge in [0.05, 0.1) is 0 Å². The van der Waals surface area contributed by atoms with E-state index in [1.807, 2.05) is 30.3 Å². The molecule has 0 aliphatic carbocycles. The standard InChI is InChI=1S/C10H9NO/c1-2-5-10-9(4-1)8-11-6-3-7-12-10/h1-6,8H,7H2/b6-3-,11-8?. The highest BCUT2D eigenvalue weighted by Gasteiger charge is 1.99. The van der Waals surface area contributed by atoms with Crippen molar-refractivity contribution in [1.29, 1.82) is 0 Å².